The molecule has 0 atom stereocenters. The summed E-state index contributed by atoms with van der Waals surface area (Å²) < 4.78 is 9.56. The zero-order valence-corrected chi connectivity index (χ0v) is 6.62. The molecule has 0 radical (unpaired) electrons. The lowest BCUT2D eigenvalue weighted by Gasteiger charge is -2.31. The van der Waals surface area contributed by atoms with E-state index in [-0.39, 0.29) is 5.92 Å². The first kappa shape index (κ1) is 7.58. The van der Waals surface area contributed by atoms with Crippen molar-refractivity contribution in [3.8, 4) is 0 Å². The zero-order chi connectivity index (χ0) is 8.55. The van der Waals surface area contributed by atoms with Crippen molar-refractivity contribution in [3.05, 3.63) is 0 Å². The van der Waals surface area contributed by atoms with Crippen LogP contribution in [0.25, 0.3) is 0 Å². The molecule has 2 aliphatic rings. The van der Waals surface area contributed by atoms with Crippen LogP contribution in [0.2, 0.25) is 0 Å². The molecule has 4 heteroatoms. The van der Waals surface area contributed by atoms with Crippen LogP contribution in [0.1, 0.15) is 12.8 Å². The van der Waals surface area contributed by atoms with Gasteiger partial charge in [0.25, 0.3) is 0 Å². The maximum absolute atomic E-state index is 11.1. The molecular formula is C8H10O4. The molecule has 4 nitrogen and oxygen atoms in total. The van der Waals surface area contributed by atoms with Gasteiger partial charge in [-0.05, 0) is 18.8 Å². The highest BCUT2D eigenvalue weighted by atomic mass is 16.6. The standard InChI is InChI=1S/C8H10O4/c9-7-6-5(1-3-11-7)2-4-12-8(6)10/h5-6H,1-4H2. The SMILES string of the molecule is O=C1OCCC2CCOC(=O)C12. The zero-order valence-electron chi connectivity index (χ0n) is 6.62. The fourth-order valence-corrected chi connectivity index (χ4v) is 1.76. The first-order valence-corrected chi connectivity index (χ1v) is 4.12. The highest BCUT2D eigenvalue weighted by molar-refractivity contribution is 5.96. The molecule has 0 aromatic rings. The predicted octanol–water partition coefficient (Wildman–Crippen LogP) is 0.113. The second-order valence-corrected chi connectivity index (χ2v) is 3.15. The minimum Gasteiger partial charge on any atom is -0.465 e. The minimum absolute atomic E-state index is 0.160. The van der Waals surface area contributed by atoms with Crippen LogP contribution in [0.4, 0.5) is 0 Å². The average molecular weight is 170 g/mol. The molecule has 0 aromatic heterocycles. The molecular weight excluding hydrogens is 160 g/mol. The van der Waals surface area contributed by atoms with Gasteiger partial charge < -0.3 is 9.47 Å². The first-order valence-electron chi connectivity index (χ1n) is 4.12. The largest absolute Gasteiger partial charge is 0.465 e. The summed E-state index contributed by atoms with van der Waals surface area (Å²) >= 11 is 0. The van der Waals surface area contributed by atoms with Crippen molar-refractivity contribution in [1.82, 2.24) is 0 Å². The summed E-state index contributed by atoms with van der Waals surface area (Å²) in [4.78, 5) is 22.2. The van der Waals surface area contributed by atoms with Gasteiger partial charge >= 0.3 is 11.9 Å². The molecule has 12 heavy (non-hydrogen) atoms. The minimum atomic E-state index is -0.632. The van der Waals surface area contributed by atoms with E-state index in [4.69, 9.17) is 9.47 Å². The lowest BCUT2D eigenvalue weighted by Crippen LogP contribution is -2.42. The predicted molar refractivity (Wildman–Crippen MR) is 38.1 cm³/mol. The molecule has 0 unspecified atom stereocenters. The van der Waals surface area contributed by atoms with Crippen LogP contribution in [-0.2, 0) is 19.1 Å². The number of hydrogen-bond acceptors (Lipinski definition) is 4. The maximum atomic E-state index is 11.1. The summed E-state index contributed by atoms with van der Waals surface area (Å²) in [5.74, 6) is -1.29. The highest BCUT2D eigenvalue weighted by Crippen LogP contribution is 2.30. The monoisotopic (exact) mass is 170 g/mol. The summed E-state index contributed by atoms with van der Waals surface area (Å²) in [6.07, 6.45) is 1.59. The van der Waals surface area contributed by atoms with Crippen LogP contribution in [-0.4, -0.2) is 25.2 Å². The van der Waals surface area contributed by atoms with Gasteiger partial charge in [-0.1, -0.05) is 0 Å². The molecule has 2 aliphatic heterocycles. The van der Waals surface area contributed by atoms with Crippen molar-refractivity contribution < 1.29 is 19.1 Å². The highest BCUT2D eigenvalue weighted by Gasteiger charge is 2.42. The summed E-state index contributed by atoms with van der Waals surface area (Å²) in [6.45, 7) is 0.903. The van der Waals surface area contributed by atoms with E-state index in [0.717, 1.165) is 12.8 Å². The Morgan fingerprint density at radius 2 is 1.50 bits per heavy atom. The van der Waals surface area contributed by atoms with E-state index < -0.39 is 17.9 Å². The van der Waals surface area contributed by atoms with E-state index in [2.05, 4.69) is 0 Å². The quantitative estimate of drug-likeness (QED) is 0.382. The molecule has 66 valence electrons. The topological polar surface area (TPSA) is 52.6 Å². The van der Waals surface area contributed by atoms with Crippen molar-refractivity contribution in [3.63, 3.8) is 0 Å². The number of hydrogen-bond donors (Lipinski definition) is 0. The third kappa shape index (κ3) is 1.07. The number of fused-ring (bicyclic) bond motifs is 1. The van der Waals surface area contributed by atoms with Crippen molar-refractivity contribution in [2.75, 3.05) is 13.2 Å². The number of carbonyl (C=O) groups excluding carboxylic acids is 2. The van der Waals surface area contributed by atoms with Crippen LogP contribution >= 0.6 is 0 Å². The Morgan fingerprint density at radius 1 is 1.00 bits per heavy atom. The third-order valence-corrected chi connectivity index (χ3v) is 2.45. The van der Waals surface area contributed by atoms with Gasteiger partial charge in [-0.3, -0.25) is 9.59 Å². The van der Waals surface area contributed by atoms with Crippen molar-refractivity contribution in [2.24, 2.45) is 11.8 Å². The summed E-state index contributed by atoms with van der Waals surface area (Å²) in [6, 6.07) is 0. The molecule has 2 fully saturated rings. The fourth-order valence-electron chi connectivity index (χ4n) is 1.76. The Labute approximate surface area is 69.8 Å². The molecule has 2 heterocycles. The molecule has 2 saturated heterocycles. The molecule has 2 rings (SSSR count). The van der Waals surface area contributed by atoms with Gasteiger partial charge in [-0.2, -0.15) is 0 Å². The third-order valence-electron chi connectivity index (χ3n) is 2.45. The van der Waals surface area contributed by atoms with E-state index >= 15 is 0 Å². The maximum Gasteiger partial charge on any atom is 0.320 e. The Kier molecular flexibility index (Phi) is 1.75. The molecule has 0 spiro atoms. The lowest BCUT2D eigenvalue weighted by molar-refractivity contribution is -0.176. The van der Waals surface area contributed by atoms with E-state index in [1.807, 2.05) is 0 Å². The normalized spacial score (nSPS) is 35.0. The number of cyclic esters (lactones) is 2. The number of esters is 2. The fraction of sp³-hybridized carbons (Fsp3) is 0.750. The summed E-state index contributed by atoms with van der Waals surface area (Å²) in [5.41, 5.74) is 0. The molecule has 0 N–H and O–H groups in total. The van der Waals surface area contributed by atoms with Gasteiger partial charge in [0.05, 0.1) is 13.2 Å². The molecule has 0 amide bonds. The summed E-state index contributed by atoms with van der Waals surface area (Å²) in [7, 11) is 0. The van der Waals surface area contributed by atoms with Gasteiger partial charge in [0, 0.05) is 0 Å². The van der Waals surface area contributed by atoms with Crippen LogP contribution in [0.5, 0.6) is 0 Å². The molecule has 0 aliphatic carbocycles. The van der Waals surface area contributed by atoms with Gasteiger partial charge in [0.15, 0.2) is 5.92 Å². The van der Waals surface area contributed by atoms with Gasteiger partial charge in [0.1, 0.15) is 0 Å². The Morgan fingerprint density at radius 3 is 1.92 bits per heavy atom. The number of rotatable bonds is 0. The van der Waals surface area contributed by atoms with Crippen molar-refractivity contribution in [2.45, 2.75) is 12.8 Å². The molecule has 0 aromatic carbocycles. The average Bonchev–Trinajstić information content (AvgIpc) is 2.04. The second-order valence-electron chi connectivity index (χ2n) is 3.15. The smallest absolute Gasteiger partial charge is 0.320 e. The molecule has 0 saturated carbocycles. The van der Waals surface area contributed by atoms with Crippen molar-refractivity contribution >= 4 is 11.9 Å². The van der Waals surface area contributed by atoms with Gasteiger partial charge in [0.2, 0.25) is 0 Å². The van der Waals surface area contributed by atoms with E-state index in [9.17, 15) is 9.59 Å². The van der Waals surface area contributed by atoms with Gasteiger partial charge in [-0.25, -0.2) is 0 Å². The van der Waals surface area contributed by atoms with Crippen LogP contribution in [0, 0.1) is 11.8 Å². The van der Waals surface area contributed by atoms with E-state index in [1.54, 1.807) is 0 Å². The molecule has 0 bridgehead atoms. The number of ether oxygens (including phenoxy) is 2. The van der Waals surface area contributed by atoms with Crippen LogP contribution < -0.4 is 0 Å². The van der Waals surface area contributed by atoms with Crippen LogP contribution in [0.15, 0.2) is 0 Å². The van der Waals surface area contributed by atoms with E-state index in [1.165, 1.54) is 0 Å². The summed E-state index contributed by atoms with van der Waals surface area (Å²) in [5, 5.41) is 0. The number of carbonyl (C=O) groups is 2. The van der Waals surface area contributed by atoms with E-state index in [0.29, 0.717) is 13.2 Å². The lowest BCUT2D eigenvalue weighted by atomic mass is 9.84. The Hall–Kier alpha value is -1.06. The van der Waals surface area contributed by atoms with Crippen LogP contribution in [0.3, 0.4) is 0 Å². The first-order chi connectivity index (χ1) is 5.79. The second kappa shape index (κ2) is 2.77. The Bertz CT molecular complexity index is 201. The van der Waals surface area contributed by atoms with Crippen molar-refractivity contribution in [1.29, 1.82) is 0 Å². The Balaban J connectivity index is 2.17. The van der Waals surface area contributed by atoms with Gasteiger partial charge in [-0.15, -0.1) is 0 Å².